The molecule has 0 bridgehead atoms. The first-order valence-electron chi connectivity index (χ1n) is 9.09. The maximum Gasteiger partial charge on any atom is 0.244 e. The Hall–Kier alpha value is -2.60. The summed E-state index contributed by atoms with van der Waals surface area (Å²) in [6, 6.07) is 13.1. The average Bonchev–Trinajstić information content (AvgIpc) is 2.68. The van der Waals surface area contributed by atoms with E-state index in [4.69, 9.17) is 0 Å². The smallest absolute Gasteiger partial charge is 0.244 e. The number of anilines is 1. The Balaban J connectivity index is 1.85. The van der Waals surface area contributed by atoms with E-state index in [-0.39, 0.29) is 37.0 Å². The molecule has 0 fully saturated rings. The molecule has 0 saturated heterocycles. The summed E-state index contributed by atoms with van der Waals surface area (Å²) < 4.78 is 0. The van der Waals surface area contributed by atoms with E-state index >= 15 is 0 Å². The molecule has 148 valence electrons. The Morgan fingerprint density at radius 2 is 1.71 bits per heavy atom. The summed E-state index contributed by atoms with van der Waals surface area (Å²) in [6.07, 6.45) is 2.15. The van der Waals surface area contributed by atoms with Crippen molar-refractivity contribution in [3.63, 3.8) is 0 Å². The standard InChI is InChI=1S/C22H26N2O3S/c1-15-9-10-17(13-16(15)2)19(25)11-12-22(27)24(3)14-21(26)23-18-7-5-6-8-20(18)28-4/h5-10,13H,11-12,14H2,1-4H3,(H,23,26). The van der Waals surface area contributed by atoms with Gasteiger partial charge in [-0.05, 0) is 49.4 Å². The number of hydrogen-bond acceptors (Lipinski definition) is 4. The van der Waals surface area contributed by atoms with Crippen LogP contribution in [0.25, 0.3) is 0 Å². The van der Waals surface area contributed by atoms with Gasteiger partial charge in [-0.3, -0.25) is 14.4 Å². The molecule has 0 aliphatic carbocycles. The van der Waals surface area contributed by atoms with Gasteiger partial charge in [0.25, 0.3) is 0 Å². The zero-order valence-corrected chi connectivity index (χ0v) is 17.6. The van der Waals surface area contributed by atoms with E-state index in [2.05, 4.69) is 5.32 Å². The van der Waals surface area contributed by atoms with E-state index in [1.54, 1.807) is 24.9 Å². The largest absolute Gasteiger partial charge is 0.336 e. The highest BCUT2D eigenvalue weighted by molar-refractivity contribution is 7.98. The van der Waals surface area contributed by atoms with E-state index < -0.39 is 0 Å². The molecular formula is C22H26N2O3S. The minimum Gasteiger partial charge on any atom is -0.336 e. The van der Waals surface area contributed by atoms with Crippen molar-refractivity contribution in [3.8, 4) is 0 Å². The van der Waals surface area contributed by atoms with Crippen LogP contribution in [0.1, 0.15) is 34.3 Å². The molecule has 0 atom stereocenters. The van der Waals surface area contributed by atoms with Crippen LogP contribution in [0.15, 0.2) is 47.4 Å². The van der Waals surface area contributed by atoms with Gasteiger partial charge in [0.1, 0.15) is 0 Å². The quantitative estimate of drug-likeness (QED) is 0.537. The van der Waals surface area contributed by atoms with E-state index in [0.29, 0.717) is 5.56 Å². The summed E-state index contributed by atoms with van der Waals surface area (Å²) >= 11 is 1.54. The molecule has 28 heavy (non-hydrogen) atoms. The molecule has 0 aliphatic heterocycles. The van der Waals surface area contributed by atoms with Gasteiger partial charge in [0.05, 0.1) is 12.2 Å². The number of thioether (sulfide) groups is 1. The fraction of sp³-hybridized carbons (Fsp3) is 0.318. The normalized spacial score (nSPS) is 10.4. The number of Topliss-reactive ketones (excluding diaryl/α,β-unsaturated/α-hetero) is 1. The van der Waals surface area contributed by atoms with Gasteiger partial charge in [-0.15, -0.1) is 11.8 Å². The Bertz CT molecular complexity index is 880. The number of carbonyl (C=O) groups is 3. The number of amides is 2. The molecule has 2 rings (SSSR count). The summed E-state index contributed by atoms with van der Waals surface area (Å²) in [5, 5.41) is 2.83. The van der Waals surface area contributed by atoms with Gasteiger partial charge in [-0.25, -0.2) is 0 Å². The number of nitrogens with one attached hydrogen (secondary N) is 1. The van der Waals surface area contributed by atoms with Crippen molar-refractivity contribution in [3.05, 3.63) is 59.2 Å². The molecule has 1 N–H and O–H groups in total. The monoisotopic (exact) mass is 398 g/mol. The van der Waals surface area contributed by atoms with Crippen molar-refractivity contribution in [2.45, 2.75) is 31.6 Å². The minimum absolute atomic E-state index is 0.0562. The molecule has 2 aromatic rings. The molecule has 2 aromatic carbocycles. The SMILES string of the molecule is CSc1ccccc1NC(=O)CN(C)C(=O)CCC(=O)c1ccc(C)c(C)c1. The first-order chi connectivity index (χ1) is 13.3. The van der Waals surface area contributed by atoms with Crippen LogP contribution in [0.5, 0.6) is 0 Å². The Labute approximate surface area is 170 Å². The fourth-order valence-corrected chi connectivity index (χ4v) is 3.27. The van der Waals surface area contributed by atoms with Crippen LogP contribution in [0.4, 0.5) is 5.69 Å². The number of nitrogens with zero attached hydrogens (tertiary/aromatic N) is 1. The van der Waals surface area contributed by atoms with E-state index in [9.17, 15) is 14.4 Å². The third kappa shape index (κ3) is 5.96. The highest BCUT2D eigenvalue weighted by atomic mass is 32.2. The van der Waals surface area contributed by atoms with Crippen molar-refractivity contribution in [1.82, 2.24) is 4.90 Å². The van der Waals surface area contributed by atoms with Crippen LogP contribution in [0, 0.1) is 13.8 Å². The lowest BCUT2D eigenvalue weighted by Gasteiger charge is -2.17. The molecule has 6 heteroatoms. The van der Waals surface area contributed by atoms with Crippen LogP contribution in [-0.2, 0) is 9.59 Å². The molecule has 0 aromatic heterocycles. The van der Waals surface area contributed by atoms with Gasteiger partial charge in [-0.2, -0.15) is 0 Å². The maximum atomic E-state index is 12.3. The lowest BCUT2D eigenvalue weighted by atomic mass is 10.0. The predicted molar refractivity (Wildman–Crippen MR) is 114 cm³/mol. The molecule has 0 aliphatic rings. The van der Waals surface area contributed by atoms with E-state index in [1.165, 1.54) is 4.90 Å². The summed E-state index contributed by atoms with van der Waals surface area (Å²) in [5.41, 5.74) is 3.52. The van der Waals surface area contributed by atoms with E-state index in [0.717, 1.165) is 21.7 Å². The van der Waals surface area contributed by atoms with Crippen LogP contribution < -0.4 is 5.32 Å². The van der Waals surface area contributed by atoms with Crippen LogP contribution >= 0.6 is 11.8 Å². The molecule has 5 nitrogen and oxygen atoms in total. The Morgan fingerprint density at radius 1 is 1.00 bits per heavy atom. The second-order valence-electron chi connectivity index (χ2n) is 6.72. The van der Waals surface area contributed by atoms with Crippen LogP contribution in [0.3, 0.4) is 0 Å². The number of aryl methyl sites for hydroxylation is 2. The van der Waals surface area contributed by atoms with Gasteiger partial charge in [0.2, 0.25) is 11.8 Å². The molecule has 0 heterocycles. The number of carbonyl (C=O) groups excluding carboxylic acids is 3. The second-order valence-corrected chi connectivity index (χ2v) is 7.57. The van der Waals surface area contributed by atoms with Crippen molar-refractivity contribution in [1.29, 1.82) is 0 Å². The average molecular weight is 399 g/mol. The zero-order valence-electron chi connectivity index (χ0n) is 16.7. The van der Waals surface area contributed by atoms with Gasteiger partial charge in [0, 0.05) is 30.3 Å². The van der Waals surface area contributed by atoms with E-state index in [1.807, 2.05) is 56.5 Å². The Morgan fingerprint density at radius 3 is 2.39 bits per heavy atom. The Kier molecular flexibility index (Phi) is 7.81. The van der Waals surface area contributed by atoms with Crippen LogP contribution in [0.2, 0.25) is 0 Å². The molecule has 0 saturated carbocycles. The van der Waals surface area contributed by atoms with Crippen LogP contribution in [-0.4, -0.2) is 42.3 Å². The highest BCUT2D eigenvalue weighted by Gasteiger charge is 2.16. The summed E-state index contributed by atoms with van der Waals surface area (Å²) in [6.45, 7) is 3.89. The third-order valence-corrected chi connectivity index (χ3v) is 5.38. The van der Waals surface area contributed by atoms with Crippen molar-refractivity contribution in [2.24, 2.45) is 0 Å². The van der Waals surface area contributed by atoms with Gasteiger partial charge >= 0.3 is 0 Å². The maximum absolute atomic E-state index is 12.3. The number of rotatable bonds is 8. The van der Waals surface area contributed by atoms with Gasteiger partial charge in [0.15, 0.2) is 5.78 Å². The van der Waals surface area contributed by atoms with Gasteiger partial charge < -0.3 is 10.2 Å². The van der Waals surface area contributed by atoms with Crippen molar-refractivity contribution >= 4 is 35.0 Å². The fourth-order valence-electron chi connectivity index (χ4n) is 2.71. The lowest BCUT2D eigenvalue weighted by Crippen LogP contribution is -2.35. The molecular weight excluding hydrogens is 372 g/mol. The number of para-hydroxylation sites is 1. The molecule has 0 radical (unpaired) electrons. The van der Waals surface area contributed by atoms with Crippen molar-refractivity contribution < 1.29 is 14.4 Å². The zero-order chi connectivity index (χ0) is 20.7. The number of ketones is 1. The number of hydrogen-bond donors (Lipinski definition) is 1. The minimum atomic E-state index is -0.266. The first-order valence-corrected chi connectivity index (χ1v) is 10.3. The number of likely N-dealkylation sites (N-methyl/N-ethyl adjacent to an activating group) is 1. The number of benzene rings is 2. The second kappa shape index (κ2) is 10.1. The summed E-state index contributed by atoms with van der Waals surface area (Å²) in [4.78, 5) is 39.2. The molecule has 0 unspecified atom stereocenters. The van der Waals surface area contributed by atoms with Gasteiger partial charge in [-0.1, -0.05) is 24.3 Å². The topological polar surface area (TPSA) is 66.5 Å². The first kappa shape index (κ1) is 21.7. The highest BCUT2D eigenvalue weighted by Crippen LogP contribution is 2.24. The lowest BCUT2D eigenvalue weighted by molar-refractivity contribution is -0.133. The predicted octanol–water partition coefficient (Wildman–Crippen LogP) is 4.09. The molecule has 0 spiro atoms. The third-order valence-electron chi connectivity index (χ3n) is 4.58. The summed E-state index contributed by atoms with van der Waals surface area (Å²) in [5.74, 6) is -0.563. The summed E-state index contributed by atoms with van der Waals surface area (Å²) in [7, 11) is 1.57. The van der Waals surface area contributed by atoms with Crippen molar-refractivity contribution in [2.75, 3.05) is 25.2 Å². The molecule has 2 amide bonds.